The number of nitrogens with two attached hydrogens (primary N) is 1. The van der Waals surface area contributed by atoms with Crippen LogP contribution in [-0.4, -0.2) is 104 Å². The minimum Gasteiger partial charge on any atom is -0.370 e. The summed E-state index contributed by atoms with van der Waals surface area (Å²) in [5.74, 6) is 2.79. The summed E-state index contributed by atoms with van der Waals surface area (Å²) in [6.07, 6.45) is 20.8. The van der Waals surface area contributed by atoms with Crippen LogP contribution >= 0.6 is 23.1 Å². The fourth-order valence-corrected chi connectivity index (χ4v) is 13.0. The first kappa shape index (κ1) is 46.3. The molecule has 6 aromatic heterocycles. The second-order valence-corrected chi connectivity index (χ2v) is 21.2. The Bertz CT molecular complexity index is 2710. The van der Waals surface area contributed by atoms with Crippen LogP contribution in [0.3, 0.4) is 0 Å². The molecule has 2 saturated heterocycles. The summed E-state index contributed by atoms with van der Waals surface area (Å²) in [6, 6.07) is 10.2. The third kappa shape index (κ3) is 10.6. The molecule has 2 aliphatic carbocycles. The predicted octanol–water partition coefficient (Wildman–Crippen LogP) is 9.18. The Kier molecular flexibility index (Phi) is 14.3. The van der Waals surface area contributed by atoms with Crippen molar-refractivity contribution in [2.24, 2.45) is 5.73 Å². The Balaban J connectivity index is 0.812. The van der Waals surface area contributed by atoms with Gasteiger partial charge in [-0.1, -0.05) is 6.42 Å². The molecule has 2 aliphatic heterocycles. The summed E-state index contributed by atoms with van der Waals surface area (Å²) in [5, 5.41) is 26.0. The van der Waals surface area contributed by atoms with Crippen molar-refractivity contribution in [2.45, 2.75) is 160 Å². The SMILES string of the molecule is Cc1cc(Nc2nc(NC3CCC(N4CCCC(c5c(C)nsc5Nc5nc(NC6CCC(N7CCCCC7)CC6)c6c(ccn6CCC(N)=O)n5)C4)CC3)c3c(ccn3CCCC#N)n2)sn1. The van der Waals surface area contributed by atoms with E-state index in [9.17, 15) is 10.1 Å². The molecule has 68 heavy (non-hydrogen) atoms. The number of likely N-dealkylation sites (tertiary alicyclic amines) is 2. The van der Waals surface area contributed by atoms with Crippen LogP contribution in [0.15, 0.2) is 30.6 Å². The number of hydrogen-bond acceptors (Lipinski definition) is 16. The van der Waals surface area contributed by atoms with E-state index in [4.69, 9.17) is 30.0 Å². The van der Waals surface area contributed by atoms with E-state index in [0.717, 1.165) is 133 Å². The molecule has 0 aromatic carbocycles. The molecule has 6 aromatic rings. The van der Waals surface area contributed by atoms with Crippen LogP contribution < -0.4 is 27.0 Å². The molecule has 17 nitrogen and oxygen atoms in total. The monoisotopic (exact) mass is 959 g/mol. The summed E-state index contributed by atoms with van der Waals surface area (Å²) in [7, 11) is 0. The first-order valence-corrected chi connectivity index (χ1v) is 26.6. The average Bonchev–Trinajstić information content (AvgIpc) is 4.16. The third-order valence-electron chi connectivity index (χ3n) is 14.9. The number of hydrogen-bond donors (Lipinski definition) is 5. The van der Waals surface area contributed by atoms with Crippen LogP contribution in [0.4, 0.5) is 33.5 Å². The molecule has 1 amide bonds. The van der Waals surface area contributed by atoms with Crippen molar-refractivity contribution in [3.05, 3.63) is 47.5 Å². The molecule has 1 atom stereocenters. The Morgan fingerprint density at radius 1 is 0.750 bits per heavy atom. The van der Waals surface area contributed by atoms with Gasteiger partial charge >= 0.3 is 0 Å². The zero-order chi connectivity index (χ0) is 46.6. The second-order valence-electron chi connectivity index (χ2n) is 19.6. The lowest BCUT2D eigenvalue weighted by atomic mass is 9.85. The molecule has 4 fully saturated rings. The lowest BCUT2D eigenvalue weighted by molar-refractivity contribution is -0.118. The number of fused-ring (bicyclic) bond motifs is 2. The number of nitriles is 1. The maximum atomic E-state index is 11.8. The third-order valence-corrected chi connectivity index (χ3v) is 16.5. The number of anilines is 6. The van der Waals surface area contributed by atoms with Crippen LogP contribution in [0.25, 0.3) is 22.1 Å². The number of nitrogens with zero attached hydrogens (tertiary/aromatic N) is 11. The van der Waals surface area contributed by atoms with Gasteiger partial charge in [-0.25, -0.2) is 9.97 Å². The number of amides is 1. The summed E-state index contributed by atoms with van der Waals surface area (Å²) >= 11 is 2.91. The standard InChI is InChI=1S/C49H66N16OS2/c1-31-29-41(67-60-31)56-48-54-38-18-26-63(24-7-4-21-50)43(38)45(57-48)52-35-12-16-37(17-13-35)65-25-8-9-33(30-65)42-32(2)61-68-47(42)59-49-55-39-19-27-64(28-20-40(51)66)44(39)46(58-49)53-34-10-14-36(15-11-34)62-22-5-3-6-23-62/h18-19,26-27,29,33-37H,3-17,20,22-25,28,30H2,1-2H3,(H2,51,66)(H2,52,54,56,57)(H2,53,55,58,59). The van der Waals surface area contributed by atoms with Gasteiger partial charge in [-0.3, -0.25) is 9.69 Å². The zero-order valence-corrected chi connectivity index (χ0v) is 41.2. The molecule has 0 spiro atoms. The van der Waals surface area contributed by atoms with Gasteiger partial charge < -0.3 is 41.0 Å². The quantitative estimate of drug-likeness (QED) is 0.0540. The summed E-state index contributed by atoms with van der Waals surface area (Å²) in [4.78, 5) is 37.5. The van der Waals surface area contributed by atoms with Gasteiger partial charge in [0.15, 0.2) is 11.6 Å². The minimum atomic E-state index is -0.322. The summed E-state index contributed by atoms with van der Waals surface area (Å²) < 4.78 is 13.6. The van der Waals surface area contributed by atoms with Crippen molar-refractivity contribution in [2.75, 3.05) is 47.4 Å². The Labute approximate surface area is 407 Å². The van der Waals surface area contributed by atoms with E-state index in [0.29, 0.717) is 48.9 Å². The Morgan fingerprint density at radius 2 is 1.37 bits per heavy atom. The van der Waals surface area contributed by atoms with Crippen LogP contribution in [0.5, 0.6) is 0 Å². The van der Waals surface area contributed by atoms with Gasteiger partial charge in [-0.2, -0.15) is 24.0 Å². The molecule has 8 heterocycles. The van der Waals surface area contributed by atoms with Gasteiger partial charge in [0, 0.05) is 80.5 Å². The van der Waals surface area contributed by atoms with Gasteiger partial charge in [-0.15, -0.1) is 0 Å². The normalized spacial score (nSPS) is 22.9. The van der Waals surface area contributed by atoms with Gasteiger partial charge in [0.1, 0.15) is 21.0 Å². The fraction of sp³-hybridized carbons (Fsp3) is 0.592. The molecular formula is C49H66N16OS2. The van der Waals surface area contributed by atoms with Gasteiger partial charge in [0.25, 0.3) is 0 Å². The molecule has 2 saturated carbocycles. The molecule has 4 aliphatic rings. The van der Waals surface area contributed by atoms with Gasteiger partial charge in [0.05, 0.1) is 28.5 Å². The zero-order valence-electron chi connectivity index (χ0n) is 39.6. The number of unbranched alkanes of at least 4 members (excludes halogenated alkanes) is 1. The van der Waals surface area contributed by atoms with Crippen molar-refractivity contribution < 1.29 is 4.79 Å². The van der Waals surface area contributed by atoms with E-state index in [1.54, 1.807) is 0 Å². The lowest BCUT2D eigenvalue weighted by Crippen LogP contribution is -2.45. The number of piperidine rings is 2. The number of carbonyl (C=O) groups is 1. The topological polar surface area (TPSA) is 209 Å². The largest absolute Gasteiger partial charge is 0.370 e. The van der Waals surface area contributed by atoms with Crippen molar-refractivity contribution in [1.82, 2.24) is 47.6 Å². The predicted molar refractivity (Wildman–Crippen MR) is 272 cm³/mol. The van der Waals surface area contributed by atoms with Crippen LogP contribution in [0.1, 0.15) is 126 Å². The molecule has 0 radical (unpaired) electrons. The van der Waals surface area contributed by atoms with Crippen molar-refractivity contribution >= 4 is 84.6 Å². The van der Waals surface area contributed by atoms with Crippen LogP contribution in [0.2, 0.25) is 0 Å². The molecule has 0 bridgehead atoms. The Morgan fingerprint density at radius 3 is 1.99 bits per heavy atom. The second kappa shape index (κ2) is 21.1. The molecule has 10 rings (SSSR count). The maximum absolute atomic E-state index is 11.8. The number of primary amides is 1. The highest BCUT2D eigenvalue weighted by Crippen LogP contribution is 2.41. The number of rotatable bonds is 17. The highest BCUT2D eigenvalue weighted by molar-refractivity contribution is 7.10. The van der Waals surface area contributed by atoms with Gasteiger partial charge in [0.2, 0.25) is 17.8 Å². The van der Waals surface area contributed by atoms with Crippen molar-refractivity contribution in [3.63, 3.8) is 0 Å². The molecule has 6 N–H and O–H groups in total. The van der Waals surface area contributed by atoms with Crippen LogP contribution in [-0.2, 0) is 17.9 Å². The Hall–Kier alpha value is -5.42. The average molecular weight is 959 g/mol. The van der Waals surface area contributed by atoms with Gasteiger partial charge in [-0.05, 0) is 158 Å². The fourth-order valence-electron chi connectivity index (χ4n) is 11.5. The molecular weight excluding hydrogens is 893 g/mol. The number of aryl methyl sites for hydroxylation is 4. The van der Waals surface area contributed by atoms with Crippen LogP contribution in [0, 0.1) is 25.2 Å². The smallest absolute Gasteiger partial charge is 0.230 e. The highest BCUT2D eigenvalue weighted by atomic mass is 32.1. The van der Waals surface area contributed by atoms with Crippen molar-refractivity contribution in [3.8, 4) is 6.07 Å². The van der Waals surface area contributed by atoms with E-state index in [-0.39, 0.29) is 18.4 Å². The van der Waals surface area contributed by atoms with E-state index in [2.05, 4.69) is 63.8 Å². The molecule has 360 valence electrons. The molecule has 1 unspecified atom stereocenters. The maximum Gasteiger partial charge on any atom is 0.230 e. The summed E-state index contributed by atoms with van der Waals surface area (Å²) in [6.45, 7) is 9.93. The van der Waals surface area contributed by atoms with E-state index in [1.165, 1.54) is 73.8 Å². The summed E-state index contributed by atoms with van der Waals surface area (Å²) in [5.41, 5.74) is 12.5. The number of carbonyl (C=O) groups excluding carboxylic acids is 1. The first-order chi connectivity index (χ1) is 33.2. The minimum absolute atomic E-state index is 0.255. The van der Waals surface area contributed by atoms with E-state index in [1.807, 2.05) is 31.3 Å². The van der Waals surface area contributed by atoms with E-state index < -0.39 is 0 Å². The lowest BCUT2D eigenvalue weighted by Gasteiger charge is -2.41. The highest BCUT2D eigenvalue weighted by Gasteiger charge is 2.34. The number of aromatic nitrogens is 8. The van der Waals surface area contributed by atoms with E-state index >= 15 is 0 Å². The first-order valence-electron chi connectivity index (χ1n) is 25.1. The van der Waals surface area contributed by atoms with Crippen molar-refractivity contribution in [1.29, 1.82) is 5.26 Å². The molecule has 19 heteroatoms. The number of nitrogens with one attached hydrogen (secondary N) is 4.